The first-order valence-electron chi connectivity index (χ1n) is 14.0. The van der Waals surface area contributed by atoms with E-state index in [4.69, 9.17) is 4.74 Å². The molecule has 2 aliphatic rings. The Bertz CT molecular complexity index is 1010. The van der Waals surface area contributed by atoms with Gasteiger partial charge < -0.3 is 30.9 Å². The normalized spacial score (nSPS) is 18.5. The van der Waals surface area contributed by atoms with Gasteiger partial charge in [0.15, 0.2) is 0 Å². The van der Waals surface area contributed by atoms with Crippen LogP contribution in [0.2, 0.25) is 0 Å². The van der Waals surface area contributed by atoms with E-state index in [0.717, 1.165) is 24.9 Å². The second kappa shape index (κ2) is 15.3. The van der Waals surface area contributed by atoms with E-state index in [2.05, 4.69) is 53.0 Å². The van der Waals surface area contributed by atoms with Crippen molar-refractivity contribution in [2.24, 2.45) is 5.92 Å². The molecule has 1 aromatic carbocycles. The van der Waals surface area contributed by atoms with Crippen LogP contribution in [-0.4, -0.2) is 80.5 Å². The molecule has 9 nitrogen and oxygen atoms in total. The fourth-order valence-electron chi connectivity index (χ4n) is 4.92. The van der Waals surface area contributed by atoms with E-state index in [0.29, 0.717) is 51.1 Å². The third-order valence-electron chi connectivity index (χ3n) is 7.09. The summed E-state index contributed by atoms with van der Waals surface area (Å²) < 4.78 is 5.54. The number of aryl methyl sites for hydroxylation is 1. The van der Waals surface area contributed by atoms with Gasteiger partial charge in [0.2, 0.25) is 17.7 Å². The molecule has 1 aromatic rings. The summed E-state index contributed by atoms with van der Waals surface area (Å²) in [5.74, 6) is -0.432. The molecule has 0 saturated carbocycles. The highest BCUT2D eigenvalue weighted by Gasteiger charge is 2.33. The molecule has 0 radical (unpaired) electrons. The molecule has 2 heterocycles. The molecule has 3 rings (SSSR count). The Morgan fingerprint density at radius 1 is 1.18 bits per heavy atom. The lowest BCUT2D eigenvalue weighted by Crippen LogP contribution is -2.55. The average molecular weight is 560 g/mol. The van der Waals surface area contributed by atoms with Crippen LogP contribution in [0.25, 0.3) is 0 Å². The summed E-state index contributed by atoms with van der Waals surface area (Å²) in [4.78, 5) is 42.0. The molecular weight excluding hydrogens is 514 g/mol. The van der Waals surface area contributed by atoms with Gasteiger partial charge in [-0.3, -0.25) is 14.4 Å². The molecule has 1 unspecified atom stereocenters. The first-order valence-corrected chi connectivity index (χ1v) is 14.9. The predicted octanol–water partition coefficient (Wildman–Crippen LogP) is 2.91. The number of likely N-dealkylation sites (N-methyl/N-ethyl adjacent to an activating group) is 1. The molecule has 10 heteroatoms. The average Bonchev–Trinajstić information content (AvgIpc) is 3.32. The molecule has 3 amide bonds. The van der Waals surface area contributed by atoms with Crippen LogP contribution in [0.5, 0.6) is 0 Å². The minimum Gasteiger partial charge on any atom is -0.381 e. The fourth-order valence-corrected chi connectivity index (χ4v) is 6.18. The van der Waals surface area contributed by atoms with Gasteiger partial charge in [0, 0.05) is 61.3 Å². The Balaban J connectivity index is 1.70. The van der Waals surface area contributed by atoms with Gasteiger partial charge in [0.25, 0.3) is 0 Å². The Morgan fingerprint density at radius 2 is 1.92 bits per heavy atom. The zero-order valence-electron chi connectivity index (χ0n) is 23.8. The fraction of sp³-hybridized carbons (Fsp3) is 0.621. The quantitative estimate of drug-likeness (QED) is 0.259. The second-order valence-corrected chi connectivity index (χ2v) is 11.9. The number of benzene rings is 1. The lowest BCUT2D eigenvalue weighted by Gasteiger charge is -2.33. The van der Waals surface area contributed by atoms with Crippen LogP contribution in [0.4, 0.5) is 5.69 Å². The maximum absolute atomic E-state index is 13.7. The maximum Gasteiger partial charge on any atom is 0.247 e. The second-order valence-electron chi connectivity index (χ2n) is 10.7. The smallest absolute Gasteiger partial charge is 0.247 e. The minimum absolute atomic E-state index is 0.0413. The molecule has 0 spiro atoms. The number of hydrogen-bond donors (Lipinski definition) is 4. The molecule has 1 saturated heterocycles. The van der Waals surface area contributed by atoms with Gasteiger partial charge in [0.1, 0.15) is 6.04 Å². The number of amides is 3. The number of anilines is 1. The number of fused-ring (bicyclic) bond motifs is 1. The number of nitrogens with one attached hydrogen (secondary N) is 4. The number of ether oxygens (including phenoxy) is 1. The highest BCUT2D eigenvalue weighted by atomic mass is 32.2. The van der Waals surface area contributed by atoms with Gasteiger partial charge in [-0.2, -0.15) is 0 Å². The third-order valence-corrected chi connectivity index (χ3v) is 8.28. The Hall–Kier alpha value is -2.56. The van der Waals surface area contributed by atoms with Crippen molar-refractivity contribution in [3.8, 4) is 0 Å². The molecule has 0 aromatic heterocycles. The molecule has 2 aliphatic heterocycles. The highest BCUT2D eigenvalue weighted by Crippen LogP contribution is 2.40. The van der Waals surface area contributed by atoms with Crippen molar-refractivity contribution in [2.45, 2.75) is 74.7 Å². The Labute approximate surface area is 237 Å². The van der Waals surface area contributed by atoms with Crippen LogP contribution in [0, 0.1) is 5.92 Å². The predicted molar refractivity (Wildman–Crippen MR) is 157 cm³/mol. The summed E-state index contributed by atoms with van der Waals surface area (Å²) in [5.41, 5.74) is 2.79. The van der Waals surface area contributed by atoms with Crippen LogP contribution >= 0.6 is 11.8 Å². The van der Waals surface area contributed by atoms with Crippen LogP contribution in [0.1, 0.15) is 51.5 Å². The van der Waals surface area contributed by atoms with Crippen molar-refractivity contribution in [3.63, 3.8) is 0 Å². The molecule has 1 fully saturated rings. The molecule has 0 bridgehead atoms. The van der Waals surface area contributed by atoms with Crippen molar-refractivity contribution < 1.29 is 19.1 Å². The topological polar surface area (TPSA) is 112 Å². The largest absolute Gasteiger partial charge is 0.381 e. The standard InChI is InChI=1S/C29H45N5O4S/c1-6-8-26(35)31-23(16-27-32-22-10-9-20(7-2)15-25(22)39-27)29(37)33-24(21-11-13-38-14-12-21)17-30-28(36)19(3)18-34(4)5/h9-10,15,21,23-24,27,32H,3,6-8,11-14,16-18H2,1-2,4-5H3,(H,30,36)(H,31,35)(H,33,37)/t23-,24+,27?/m0/s1. The van der Waals surface area contributed by atoms with E-state index in [-0.39, 0.29) is 35.1 Å². The summed E-state index contributed by atoms with van der Waals surface area (Å²) >= 11 is 1.69. The monoisotopic (exact) mass is 559 g/mol. The Kier molecular flexibility index (Phi) is 12.1. The number of hydrogen-bond acceptors (Lipinski definition) is 7. The summed E-state index contributed by atoms with van der Waals surface area (Å²) in [5, 5.41) is 12.6. The first-order chi connectivity index (χ1) is 18.7. The lowest BCUT2D eigenvalue weighted by molar-refractivity contribution is -0.130. The SMILES string of the molecule is C=C(CN(C)C)C(=O)NC[C@@H](NC(=O)[C@H](CC1Nc2ccc(CC)cc2S1)NC(=O)CCC)C1CCOCC1. The molecule has 0 aliphatic carbocycles. The summed E-state index contributed by atoms with van der Waals surface area (Å²) in [7, 11) is 3.77. The summed E-state index contributed by atoms with van der Waals surface area (Å²) in [6.07, 6.45) is 4.05. The van der Waals surface area contributed by atoms with Gasteiger partial charge in [-0.15, -0.1) is 0 Å². The Morgan fingerprint density at radius 3 is 2.59 bits per heavy atom. The van der Waals surface area contributed by atoms with Gasteiger partial charge >= 0.3 is 0 Å². The van der Waals surface area contributed by atoms with Crippen molar-refractivity contribution in [1.29, 1.82) is 0 Å². The molecular formula is C29H45N5O4S. The third kappa shape index (κ3) is 9.54. The summed E-state index contributed by atoms with van der Waals surface area (Å²) in [6.45, 7) is 9.96. The first kappa shape index (κ1) is 31.0. The van der Waals surface area contributed by atoms with Crippen molar-refractivity contribution in [2.75, 3.05) is 45.7 Å². The van der Waals surface area contributed by atoms with E-state index in [1.54, 1.807) is 11.8 Å². The van der Waals surface area contributed by atoms with Crippen molar-refractivity contribution in [3.05, 3.63) is 35.9 Å². The number of thioether (sulfide) groups is 1. The van der Waals surface area contributed by atoms with Gasteiger partial charge in [-0.25, -0.2) is 0 Å². The molecule has 4 N–H and O–H groups in total. The van der Waals surface area contributed by atoms with Crippen LogP contribution in [0.3, 0.4) is 0 Å². The zero-order valence-corrected chi connectivity index (χ0v) is 24.6. The molecule has 39 heavy (non-hydrogen) atoms. The number of carbonyl (C=O) groups excluding carboxylic acids is 3. The molecule has 216 valence electrons. The van der Waals surface area contributed by atoms with Crippen LogP contribution in [0.15, 0.2) is 35.2 Å². The van der Waals surface area contributed by atoms with Gasteiger partial charge in [-0.05, 0) is 63.4 Å². The van der Waals surface area contributed by atoms with Gasteiger partial charge in [-0.1, -0.05) is 38.3 Å². The number of nitrogens with zero attached hydrogens (tertiary/aromatic N) is 1. The van der Waals surface area contributed by atoms with Crippen LogP contribution in [-0.2, 0) is 25.5 Å². The number of carbonyl (C=O) groups is 3. The van der Waals surface area contributed by atoms with Crippen molar-refractivity contribution in [1.82, 2.24) is 20.9 Å². The van der Waals surface area contributed by atoms with E-state index < -0.39 is 6.04 Å². The lowest BCUT2D eigenvalue weighted by atomic mass is 9.91. The van der Waals surface area contributed by atoms with Crippen LogP contribution < -0.4 is 21.3 Å². The maximum atomic E-state index is 13.7. The van der Waals surface area contributed by atoms with E-state index in [9.17, 15) is 14.4 Å². The zero-order chi connectivity index (χ0) is 28.4. The highest BCUT2D eigenvalue weighted by molar-refractivity contribution is 8.00. The van der Waals surface area contributed by atoms with E-state index >= 15 is 0 Å². The van der Waals surface area contributed by atoms with E-state index in [1.165, 1.54) is 10.5 Å². The minimum atomic E-state index is -0.698. The van der Waals surface area contributed by atoms with E-state index in [1.807, 2.05) is 25.9 Å². The van der Waals surface area contributed by atoms with Gasteiger partial charge in [0.05, 0.1) is 5.37 Å². The van der Waals surface area contributed by atoms with Crippen molar-refractivity contribution >= 4 is 35.2 Å². The summed E-state index contributed by atoms with van der Waals surface area (Å²) in [6, 6.07) is 5.40. The molecule has 3 atom stereocenters. The number of rotatable bonds is 14.